The minimum Gasteiger partial charge on any atom is -0.384 e. The summed E-state index contributed by atoms with van der Waals surface area (Å²) in [5.74, 6) is 5.24. The molecular weight excluding hydrogens is 290 g/mol. The second-order valence-corrected chi connectivity index (χ2v) is 6.76. The zero-order chi connectivity index (χ0) is 15.3. The van der Waals surface area contributed by atoms with Gasteiger partial charge < -0.3 is 9.84 Å². The van der Waals surface area contributed by atoms with Crippen LogP contribution in [0, 0.1) is 11.8 Å². The number of ether oxygens (including phenoxy) is 1. The van der Waals surface area contributed by atoms with Crippen LogP contribution in [0.1, 0.15) is 18.4 Å². The third-order valence-corrected chi connectivity index (χ3v) is 5.41. The molecule has 0 spiro atoms. The van der Waals surface area contributed by atoms with Crippen molar-refractivity contribution in [3.63, 3.8) is 0 Å². The van der Waals surface area contributed by atoms with Gasteiger partial charge in [0.1, 0.15) is 6.61 Å². The topological polar surface area (TPSA) is 66.8 Å². The van der Waals surface area contributed by atoms with Gasteiger partial charge in [-0.3, -0.25) is 0 Å². The highest BCUT2D eigenvalue weighted by Gasteiger charge is 2.29. The summed E-state index contributed by atoms with van der Waals surface area (Å²) in [6.07, 6.45) is 1.55. The summed E-state index contributed by atoms with van der Waals surface area (Å²) in [5.41, 5.74) is 0.580. The van der Waals surface area contributed by atoms with Crippen molar-refractivity contribution in [2.75, 3.05) is 26.8 Å². The number of benzene rings is 1. The third-order valence-electron chi connectivity index (χ3n) is 3.52. The van der Waals surface area contributed by atoms with E-state index in [1.165, 1.54) is 4.31 Å². The summed E-state index contributed by atoms with van der Waals surface area (Å²) in [6.45, 7) is 0.683. The van der Waals surface area contributed by atoms with Gasteiger partial charge in [0.25, 0.3) is 0 Å². The summed E-state index contributed by atoms with van der Waals surface area (Å²) in [6, 6.07) is 6.50. The lowest BCUT2D eigenvalue weighted by Gasteiger charge is -2.30. The number of aliphatic hydroxyl groups excluding tert-OH is 1. The van der Waals surface area contributed by atoms with Crippen molar-refractivity contribution in [2.24, 2.45) is 0 Å². The van der Waals surface area contributed by atoms with Crippen LogP contribution in [0.4, 0.5) is 0 Å². The third kappa shape index (κ3) is 3.83. The highest BCUT2D eigenvalue weighted by molar-refractivity contribution is 7.89. The van der Waals surface area contributed by atoms with Crippen LogP contribution in [0.3, 0.4) is 0 Å². The van der Waals surface area contributed by atoms with Gasteiger partial charge in [-0.25, -0.2) is 8.42 Å². The van der Waals surface area contributed by atoms with Crippen LogP contribution in [0.2, 0.25) is 0 Å². The molecule has 5 nitrogen and oxygen atoms in total. The smallest absolute Gasteiger partial charge is 0.243 e. The van der Waals surface area contributed by atoms with Crippen molar-refractivity contribution in [1.29, 1.82) is 0 Å². The summed E-state index contributed by atoms with van der Waals surface area (Å²) < 4.78 is 31.9. The summed E-state index contributed by atoms with van der Waals surface area (Å²) >= 11 is 0. The Hall–Kier alpha value is -1.39. The number of aliphatic hydroxyl groups is 1. The molecule has 0 radical (unpaired) electrons. The second-order valence-electron chi connectivity index (χ2n) is 4.83. The van der Waals surface area contributed by atoms with Gasteiger partial charge in [0, 0.05) is 25.8 Å². The molecule has 0 aromatic heterocycles. The number of nitrogens with zero attached hydrogens (tertiary/aromatic N) is 1. The first-order chi connectivity index (χ1) is 10.1. The Morgan fingerprint density at radius 2 is 2.10 bits per heavy atom. The molecule has 114 valence electrons. The van der Waals surface area contributed by atoms with Gasteiger partial charge in [0.2, 0.25) is 10.0 Å². The van der Waals surface area contributed by atoms with E-state index in [4.69, 9.17) is 9.84 Å². The first kappa shape index (κ1) is 16.0. The van der Waals surface area contributed by atoms with Crippen LogP contribution in [0.15, 0.2) is 29.2 Å². The van der Waals surface area contributed by atoms with E-state index in [-0.39, 0.29) is 17.6 Å². The Labute approximate surface area is 125 Å². The number of piperidine rings is 1. The number of sulfonamides is 1. The minimum atomic E-state index is -3.49. The highest BCUT2D eigenvalue weighted by atomic mass is 32.2. The molecule has 0 saturated carbocycles. The van der Waals surface area contributed by atoms with Crippen molar-refractivity contribution in [3.05, 3.63) is 29.8 Å². The van der Waals surface area contributed by atoms with Crippen molar-refractivity contribution < 1.29 is 18.3 Å². The Bertz CT molecular complexity index is 637. The average Bonchev–Trinajstić information content (AvgIpc) is 2.53. The first-order valence-electron chi connectivity index (χ1n) is 6.80. The van der Waals surface area contributed by atoms with Crippen LogP contribution < -0.4 is 0 Å². The normalized spacial score (nSPS) is 17.2. The Balaban J connectivity index is 2.20. The molecule has 0 amide bonds. The number of hydrogen-bond donors (Lipinski definition) is 1. The molecule has 1 heterocycles. The number of methoxy groups -OCH3 is 1. The van der Waals surface area contributed by atoms with Crippen molar-refractivity contribution in [1.82, 2.24) is 4.31 Å². The van der Waals surface area contributed by atoms with Gasteiger partial charge in [-0.1, -0.05) is 17.9 Å². The van der Waals surface area contributed by atoms with E-state index in [1.807, 2.05) is 0 Å². The predicted octanol–water partition coefficient (Wildman–Crippen LogP) is 0.830. The molecule has 2 rings (SSSR count). The Morgan fingerprint density at radius 1 is 1.38 bits per heavy atom. The van der Waals surface area contributed by atoms with Crippen molar-refractivity contribution in [3.8, 4) is 11.8 Å². The van der Waals surface area contributed by atoms with E-state index in [2.05, 4.69) is 11.8 Å². The molecule has 1 N–H and O–H groups in total. The summed E-state index contributed by atoms with van der Waals surface area (Å²) in [4.78, 5) is 0.239. The molecule has 1 aliphatic rings. The molecule has 21 heavy (non-hydrogen) atoms. The lowest BCUT2D eigenvalue weighted by molar-refractivity contribution is 0.0604. The van der Waals surface area contributed by atoms with E-state index in [1.54, 1.807) is 31.4 Å². The molecule has 1 aromatic rings. The lowest BCUT2D eigenvalue weighted by atomic mass is 10.1. The zero-order valence-corrected chi connectivity index (χ0v) is 12.8. The maximum atomic E-state index is 12.6. The summed E-state index contributed by atoms with van der Waals surface area (Å²) in [7, 11) is -1.84. The molecule has 1 aromatic carbocycles. The van der Waals surface area contributed by atoms with Gasteiger partial charge in [-0.2, -0.15) is 4.31 Å². The molecule has 0 atom stereocenters. The predicted molar refractivity (Wildman–Crippen MR) is 79.2 cm³/mol. The van der Waals surface area contributed by atoms with Crippen LogP contribution >= 0.6 is 0 Å². The molecule has 0 aliphatic carbocycles. The molecule has 1 saturated heterocycles. The fourth-order valence-corrected chi connectivity index (χ4v) is 3.85. The highest BCUT2D eigenvalue weighted by Crippen LogP contribution is 2.22. The number of rotatable bonds is 3. The minimum absolute atomic E-state index is 0.137. The molecule has 0 unspecified atom stereocenters. The van der Waals surface area contributed by atoms with E-state index in [9.17, 15) is 8.42 Å². The van der Waals surface area contributed by atoms with Crippen molar-refractivity contribution in [2.45, 2.75) is 23.8 Å². The fraction of sp³-hybridized carbons (Fsp3) is 0.467. The Morgan fingerprint density at radius 3 is 2.71 bits per heavy atom. The van der Waals surface area contributed by atoms with Gasteiger partial charge in [0.05, 0.1) is 11.0 Å². The van der Waals surface area contributed by atoms with Gasteiger partial charge >= 0.3 is 0 Å². The second kappa shape index (κ2) is 7.05. The van der Waals surface area contributed by atoms with E-state index in [0.717, 1.165) is 0 Å². The fourth-order valence-electron chi connectivity index (χ4n) is 2.33. The first-order valence-corrected chi connectivity index (χ1v) is 8.24. The van der Waals surface area contributed by atoms with Crippen molar-refractivity contribution >= 4 is 10.0 Å². The van der Waals surface area contributed by atoms with Gasteiger partial charge in [-0.15, -0.1) is 0 Å². The van der Waals surface area contributed by atoms with Crippen LogP contribution in [0.5, 0.6) is 0 Å². The molecule has 0 bridgehead atoms. The maximum Gasteiger partial charge on any atom is 0.243 e. The van der Waals surface area contributed by atoms with Gasteiger partial charge in [-0.05, 0) is 31.0 Å². The maximum absolute atomic E-state index is 12.6. The SMILES string of the molecule is COC1CCN(S(=O)(=O)c2cccc(C#CCO)c2)CC1. The molecule has 1 aliphatic heterocycles. The Kier molecular flexibility index (Phi) is 5.37. The van der Waals surface area contributed by atoms with Crippen LogP contribution in [-0.4, -0.2) is 50.7 Å². The standard InChI is InChI=1S/C15H19NO4S/c1-20-14-7-9-16(10-8-14)21(18,19)15-6-2-4-13(12-15)5-3-11-17/h2,4,6,12,14,17H,7-11H2,1H3. The summed E-state index contributed by atoms with van der Waals surface area (Å²) in [5, 5.41) is 8.70. The van der Waals surface area contributed by atoms with Gasteiger partial charge in [0.15, 0.2) is 0 Å². The molecular formula is C15H19NO4S. The molecule has 6 heteroatoms. The van der Waals surface area contributed by atoms with Crippen LogP contribution in [-0.2, 0) is 14.8 Å². The van der Waals surface area contributed by atoms with E-state index >= 15 is 0 Å². The lowest BCUT2D eigenvalue weighted by Crippen LogP contribution is -2.40. The zero-order valence-electron chi connectivity index (χ0n) is 11.9. The number of hydrogen-bond acceptors (Lipinski definition) is 4. The van der Waals surface area contributed by atoms with E-state index < -0.39 is 10.0 Å². The monoisotopic (exact) mass is 309 g/mol. The largest absolute Gasteiger partial charge is 0.384 e. The van der Waals surface area contributed by atoms with Crippen LogP contribution in [0.25, 0.3) is 0 Å². The molecule has 1 fully saturated rings. The quantitative estimate of drug-likeness (QED) is 0.840. The average molecular weight is 309 g/mol. The van der Waals surface area contributed by atoms with E-state index in [0.29, 0.717) is 31.5 Å².